The van der Waals surface area contributed by atoms with Gasteiger partial charge in [0.15, 0.2) is 0 Å². The van der Waals surface area contributed by atoms with Crippen LogP contribution in [0.4, 0.5) is 11.4 Å². The Hall–Kier alpha value is -3.22. The van der Waals surface area contributed by atoms with Crippen LogP contribution in [0.3, 0.4) is 0 Å². The predicted molar refractivity (Wildman–Crippen MR) is 96.0 cm³/mol. The molecule has 0 atom stereocenters. The van der Waals surface area contributed by atoms with Crippen LogP contribution in [-0.2, 0) is 4.79 Å². The standard InChI is InChI=1S/C18H18N4O3/c1-12(2)18(23)20(3)15-8-9-21(11-15)17-7-4-13-10-14(22(24)25)5-6-16(13)19-17/h4-12H,1-3H3. The second kappa shape index (κ2) is 6.35. The number of nitrogens with zero attached hydrogens (tertiary/aromatic N) is 4. The normalized spacial score (nSPS) is 11.0. The van der Waals surface area contributed by atoms with Gasteiger partial charge in [0.25, 0.3) is 5.69 Å². The quantitative estimate of drug-likeness (QED) is 0.538. The van der Waals surface area contributed by atoms with Gasteiger partial charge in [-0.3, -0.25) is 14.9 Å². The van der Waals surface area contributed by atoms with E-state index in [0.717, 1.165) is 5.69 Å². The van der Waals surface area contributed by atoms with Crippen LogP contribution in [0.5, 0.6) is 0 Å². The summed E-state index contributed by atoms with van der Waals surface area (Å²) in [5, 5.41) is 11.6. The number of anilines is 1. The highest BCUT2D eigenvalue weighted by atomic mass is 16.6. The fourth-order valence-electron chi connectivity index (χ4n) is 2.60. The second-order valence-electron chi connectivity index (χ2n) is 6.13. The minimum absolute atomic E-state index is 0.0385. The van der Waals surface area contributed by atoms with Gasteiger partial charge in [-0.15, -0.1) is 0 Å². The summed E-state index contributed by atoms with van der Waals surface area (Å²) in [5.41, 5.74) is 1.49. The van der Waals surface area contributed by atoms with Gasteiger partial charge in [-0.05, 0) is 24.3 Å². The third-order valence-electron chi connectivity index (χ3n) is 4.02. The summed E-state index contributed by atoms with van der Waals surface area (Å²) in [6.07, 6.45) is 3.67. The molecule has 0 saturated heterocycles. The monoisotopic (exact) mass is 338 g/mol. The van der Waals surface area contributed by atoms with Crippen molar-refractivity contribution in [3.63, 3.8) is 0 Å². The summed E-state index contributed by atoms with van der Waals surface area (Å²) in [6, 6.07) is 10.0. The molecule has 128 valence electrons. The number of nitro groups is 1. The minimum Gasteiger partial charge on any atom is -0.314 e. The fourth-order valence-corrected chi connectivity index (χ4v) is 2.60. The van der Waals surface area contributed by atoms with E-state index in [1.807, 2.05) is 36.9 Å². The summed E-state index contributed by atoms with van der Waals surface area (Å²) >= 11 is 0. The van der Waals surface area contributed by atoms with E-state index in [9.17, 15) is 14.9 Å². The van der Waals surface area contributed by atoms with E-state index in [4.69, 9.17) is 0 Å². The van der Waals surface area contributed by atoms with E-state index in [1.54, 1.807) is 30.1 Å². The zero-order valence-corrected chi connectivity index (χ0v) is 14.2. The fraction of sp³-hybridized carbons (Fsp3) is 0.222. The lowest BCUT2D eigenvalue weighted by atomic mass is 10.2. The molecule has 0 unspecified atom stereocenters. The van der Waals surface area contributed by atoms with Gasteiger partial charge in [-0.25, -0.2) is 4.98 Å². The van der Waals surface area contributed by atoms with E-state index < -0.39 is 4.92 Å². The first-order chi connectivity index (χ1) is 11.9. The predicted octanol–water partition coefficient (Wildman–Crippen LogP) is 3.55. The highest BCUT2D eigenvalue weighted by Crippen LogP contribution is 2.23. The molecule has 2 heterocycles. The summed E-state index contributed by atoms with van der Waals surface area (Å²) in [7, 11) is 1.74. The number of fused-ring (bicyclic) bond motifs is 1. The van der Waals surface area contributed by atoms with Gasteiger partial charge < -0.3 is 9.47 Å². The molecule has 0 N–H and O–H groups in total. The average molecular weight is 338 g/mol. The zero-order valence-electron chi connectivity index (χ0n) is 14.2. The number of rotatable bonds is 4. The van der Waals surface area contributed by atoms with E-state index >= 15 is 0 Å². The van der Waals surface area contributed by atoms with Crippen molar-refractivity contribution >= 4 is 28.2 Å². The van der Waals surface area contributed by atoms with Crippen molar-refractivity contribution in [2.75, 3.05) is 11.9 Å². The third-order valence-corrected chi connectivity index (χ3v) is 4.02. The molecule has 0 radical (unpaired) electrons. The number of carbonyl (C=O) groups excluding carboxylic acids is 1. The van der Waals surface area contributed by atoms with Crippen molar-refractivity contribution in [3.8, 4) is 5.82 Å². The van der Waals surface area contributed by atoms with Crippen molar-refractivity contribution in [2.45, 2.75) is 13.8 Å². The first-order valence-corrected chi connectivity index (χ1v) is 7.88. The number of amides is 1. The summed E-state index contributed by atoms with van der Waals surface area (Å²) < 4.78 is 1.82. The van der Waals surface area contributed by atoms with Crippen molar-refractivity contribution in [1.82, 2.24) is 9.55 Å². The van der Waals surface area contributed by atoms with Gasteiger partial charge >= 0.3 is 0 Å². The highest BCUT2D eigenvalue weighted by molar-refractivity contribution is 5.94. The van der Waals surface area contributed by atoms with E-state index in [2.05, 4.69) is 4.98 Å². The number of benzene rings is 1. The molecular formula is C18H18N4O3. The van der Waals surface area contributed by atoms with Crippen LogP contribution in [0.1, 0.15) is 13.8 Å². The Morgan fingerprint density at radius 3 is 2.68 bits per heavy atom. The van der Waals surface area contributed by atoms with E-state index in [0.29, 0.717) is 16.7 Å². The molecule has 1 aromatic carbocycles. The lowest BCUT2D eigenvalue weighted by Crippen LogP contribution is -2.29. The van der Waals surface area contributed by atoms with E-state index in [-0.39, 0.29) is 17.5 Å². The molecule has 0 fully saturated rings. The molecule has 0 aliphatic rings. The Labute approximate surface area is 144 Å². The first kappa shape index (κ1) is 16.6. The number of hydrogen-bond acceptors (Lipinski definition) is 4. The highest BCUT2D eigenvalue weighted by Gasteiger charge is 2.16. The Bertz CT molecular complexity index is 962. The van der Waals surface area contributed by atoms with Crippen LogP contribution in [0, 0.1) is 16.0 Å². The maximum atomic E-state index is 12.1. The number of hydrogen-bond donors (Lipinski definition) is 0. The van der Waals surface area contributed by atoms with Gasteiger partial charge in [0.1, 0.15) is 5.82 Å². The third kappa shape index (κ3) is 3.21. The van der Waals surface area contributed by atoms with Gasteiger partial charge in [-0.1, -0.05) is 13.8 Å². The summed E-state index contributed by atoms with van der Waals surface area (Å²) in [5.74, 6) is 0.637. The Morgan fingerprint density at radius 1 is 1.24 bits per heavy atom. The molecule has 7 heteroatoms. The number of aromatic nitrogens is 2. The molecule has 0 aliphatic heterocycles. The van der Waals surface area contributed by atoms with Gasteiger partial charge in [0.2, 0.25) is 5.91 Å². The molecule has 1 amide bonds. The number of non-ortho nitro benzene ring substituents is 1. The van der Waals surface area contributed by atoms with Crippen molar-refractivity contribution in [1.29, 1.82) is 0 Å². The van der Waals surface area contributed by atoms with Crippen LogP contribution in [-0.4, -0.2) is 27.4 Å². The first-order valence-electron chi connectivity index (χ1n) is 7.88. The molecule has 0 saturated carbocycles. The maximum Gasteiger partial charge on any atom is 0.270 e. The van der Waals surface area contributed by atoms with Crippen LogP contribution in [0.15, 0.2) is 48.8 Å². The van der Waals surface area contributed by atoms with Crippen LogP contribution >= 0.6 is 0 Å². The van der Waals surface area contributed by atoms with Crippen molar-refractivity contribution in [3.05, 3.63) is 58.9 Å². The molecule has 25 heavy (non-hydrogen) atoms. The number of pyridine rings is 1. The number of nitro benzene ring substituents is 1. The Kier molecular flexibility index (Phi) is 4.22. The van der Waals surface area contributed by atoms with Crippen LogP contribution in [0.25, 0.3) is 16.7 Å². The molecular weight excluding hydrogens is 320 g/mol. The molecule has 0 spiro atoms. The zero-order chi connectivity index (χ0) is 18.1. The van der Waals surface area contributed by atoms with Crippen molar-refractivity contribution in [2.24, 2.45) is 5.92 Å². The smallest absolute Gasteiger partial charge is 0.270 e. The summed E-state index contributed by atoms with van der Waals surface area (Å²) in [4.78, 5) is 28.7. The largest absolute Gasteiger partial charge is 0.314 e. The molecule has 7 nitrogen and oxygen atoms in total. The van der Waals surface area contributed by atoms with Gasteiger partial charge in [0, 0.05) is 42.9 Å². The maximum absolute atomic E-state index is 12.1. The molecule has 0 aliphatic carbocycles. The topological polar surface area (TPSA) is 81.3 Å². The SMILES string of the molecule is CC(C)C(=O)N(C)c1ccn(-c2ccc3cc([N+](=O)[O-])ccc3n2)c1. The lowest BCUT2D eigenvalue weighted by Gasteiger charge is -2.17. The van der Waals surface area contributed by atoms with Crippen molar-refractivity contribution < 1.29 is 9.72 Å². The molecule has 2 aromatic heterocycles. The minimum atomic E-state index is -0.423. The van der Waals surface area contributed by atoms with Gasteiger partial charge in [-0.2, -0.15) is 0 Å². The Balaban J connectivity index is 1.93. The van der Waals surface area contributed by atoms with Crippen LogP contribution in [0.2, 0.25) is 0 Å². The molecule has 3 aromatic rings. The van der Waals surface area contributed by atoms with Crippen LogP contribution < -0.4 is 4.90 Å². The average Bonchev–Trinajstić information content (AvgIpc) is 3.09. The lowest BCUT2D eigenvalue weighted by molar-refractivity contribution is -0.384. The molecule has 0 bridgehead atoms. The van der Waals surface area contributed by atoms with E-state index in [1.165, 1.54) is 12.1 Å². The second-order valence-corrected chi connectivity index (χ2v) is 6.13. The number of carbonyl (C=O) groups is 1. The van der Waals surface area contributed by atoms with Gasteiger partial charge in [0.05, 0.1) is 16.1 Å². The summed E-state index contributed by atoms with van der Waals surface area (Å²) in [6.45, 7) is 3.72. The Morgan fingerprint density at radius 2 is 2.00 bits per heavy atom. The molecule has 3 rings (SSSR count).